The normalized spacial score (nSPS) is 12.0. The van der Waals surface area contributed by atoms with Crippen LogP contribution in [0.1, 0.15) is 11.1 Å². The Morgan fingerprint density at radius 2 is 1.09 bits per heavy atom. The van der Waals surface area contributed by atoms with Gasteiger partial charge in [0.05, 0.1) is 0 Å². The molecule has 0 amide bonds. The van der Waals surface area contributed by atoms with Gasteiger partial charge in [0.25, 0.3) is 6.79 Å². The van der Waals surface area contributed by atoms with E-state index < -0.39 is 6.79 Å². The second-order valence-corrected chi connectivity index (χ2v) is 4.53. The van der Waals surface area contributed by atoms with E-state index in [0.717, 1.165) is 11.1 Å². The van der Waals surface area contributed by atoms with Crippen LogP contribution in [0, 0.1) is 10.4 Å². The van der Waals surface area contributed by atoms with Gasteiger partial charge in [-0.1, -0.05) is 70.4 Å². The smallest absolute Gasteiger partial charge is 0.292 e. The zero-order valence-corrected chi connectivity index (χ0v) is 12.3. The zero-order chi connectivity index (χ0) is 16.3. The molecule has 0 aromatic heterocycles. The lowest BCUT2D eigenvalue weighted by Crippen LogP contribution is -2.04. The third kappa shape index (κ3) is 6.42. The molecule has 0 aliphatic heterocycles. The highest BCUT2D eigenvalue weighted by Crippen LogP contribution is 2.01. The van der Waals surface area contributed by atoms with Gasteiger partial charge in [-0.25, -0.2) is 0 Å². The number of hydroxylamine groups is 2. The zero-order valence-electron chi connectivity index (χ0n) is 12.3. The first kappa shape index (κ1) is 16.2. The van der Waals surface area contributed by atoms with E-state index in [1.54, 1.807) is 24.3 Å². The molecule has 0 aliphatic rings. The lowest BCUT2D eigenvalue weighted by atomic mass is 10.2. The topological polar surface area (TPSA) is 95.3 Å². The Morgan fingerprint density at radius 3 is 1.48 bits per heavy atom. The fourth-order valence-corrected chi connectivity index (χ4v) is 1.74. The second-order valence-electron chi connectivity index (χ2n) is 4.53. The summed E-state index contributed by atoms with van der Waals surface area (Å²) in [5.74, 6) is 0. The fourth-order valence-electron chi connectivity index (χ4n) is 1.74. The standard InChI is InChI=1S/C15H16N4O4/c20-18(11-14-7-3-1-4-8-14)16-22-13-23-17-19(21)12-15-9-5-2-6-10-15/h1-10H,11-13H2. The summed E-state index contributed by atoms with van der Waals surface area (Å²) >= 11 is 0. The molecule has 0 aliphatic carbocycles. The molecule has 2 rings (SSSR count). The van der Waals surface area contributed by atoms with E-state index in [-0.39, 0.29) is 13.1 Å². The van der Waals surface area contributed by atoms with Gasteiger partial charge in [0.1, 0.15) is 0 Å². The van der Waals surface area contributed by atoms with Crippen molar-refractivity contribution in [3.05, 3.63) is 82.2 Å². The number of benzene rings is 2. The van der Waals surface area contributed by atoms with Crippen molar-refractivity contribution < 1.29 is 19.4 Å². The van der Waals surface area contributed by atoms with Crippen molar-refractivity contribution in [1.82, 2.24) is 0 Å². The van der Waals surface area contributed by atoms with Gasteiger partial charge in [-0.05, 0) is 0 Å². The molecule has 23 heavy (non-hydrogen) atoms. The van der Waals surface area contributed by atoms with Crippen molar-refractivity contribution in [2.45, 2.75) is 13.1 Å². The predicted octanol–water partition coefficient (Wildman–Crippen LogP) is 3.13. The van der Waals surface area contributed by atoms with Gasteiger partial charge in [0.2, 0.25) is 23.6 Å². The number of hydrogen-bond acceptors (Lipinski definition) is 6. The molecule has 0 spiro atoms. The van der Waals surface area contributed by atoms with Gasteiger partial charge < -0.3 is 20.1 Å². The maximum absolute atomic E-state index is 11.4. The molecule has 2 aromatic rings. The Hall–Kier alpha value is -3.16. The molecule has 120 valence electrons. The summed E-state index contributed by atoms with van der Waals surface area (Å²) < 4.78 is 0. The van der Waals surface area contributed by atoms with E-state index in [2.05, 4.69) is 20.2 Å². The molecule has 8 nitrogen and oxygen atoms in total. The van der Waals surface area contributed by atoms with Gasteiger partial charge in [-0.2, -0.15) is 0 Å². The molecule has 0 saturated heterocycles. The number of rotatable bonds is 8. The molecule has 0 N–H and O–H groups in total. The minimum absolute atomic E-state index is 0.0552. The van der Waals surface area contributed by atoms with Gasteiger partial charge in [-0.15, -0.1) is 0 Å². The quantitative estimate of drug-likeness (QED) is 0.246. The summed E-state index contributed by atoms with van der Waals surface area (Å²) in [7, 11) is 0. The van der Waals surface area contributed by atoms with Crippen LogP contribution < -0.4 is 0 Å². The van der Waals surface area contributed by atoms with E-state index >= 15 is 0 Å². The van der Waals surface area contributed by atoms with Gasteiger partial charge in [0, 0.05) is 11.1 Å². The van der Waals surface area contributed by atoms with E-state index in [4.69, 9.17) is 0 Å². The SMILES string of the molecule is [O-][N+](Cc1ccccc1)=NOCON=[N+]([O-])Cc1ccccc1. The first-order valence-corrected chi connectivity index (χ1v) is 6.87. The summed E-state index contributed by atoms with van der Waals surface area (Å²) in [5.41, 5.74) is 1.60. The van der Waals surface area contributed by atoms with Crippen molar-refractivity contribution >= 4 is 0 Å². The predicted molar refractivity (Wildman–Crippen MR) is 79.4 cm³/mol. The van der Waals surface area contributed by atoms with E-state index in [9.17, 15) is 10.4 Å². The molecule has 8 heteroatoms. The second kappa shape index (κ2) is 8.98. The van der Waals surface area contributed by atoms with Crippen LogP contribution in [-0.4, -0.2) is 16.5 Å². The van der Waals surface area contributed by atoms with Gasteiger partial charge in [-0.3, -0.25) is 0 Å². The average molecular weight is 316 g/mol. The Kier molecular flexibility index (Phi) is 6.33. The van der Waals surface area contributed by atoms with Crippen molar-refractivity contribution in [1.29, 1.82) is 0 Å². The Morgan fingerprint density at radius 1 is 0.696 bits per heavy atom. The van der Waals surface area contributed by atoms with Crippen LogP contribution in [0.15, 0.2) is 71.2 Å². The molecular formula is C15H16N4O4. The molecule has 0 heterocycles. The third-order valence-electron chi connectivity index (χ3n) is 2.72. The highest BCUT2D eigenvalue weighted by atomic mass is 16.8. The lowest BCUT2D eigenvalue weighted by molar-refractivity contribution is -0.587. The summed E-state index contributed by atoms with van der Waals surface area (Å²) in [6, 6.07) is 18.2. The molecule has 0 radical (unpaired) electrons. The Labute approximate surface area is 133 Å². The van der Waals surface area contributed by atoms with Crippen molar-refractivity contribution in [3.63, 3.8) is 0 Å². The third-order valence-corrected chi connectivity index (χ3v) is 2.72. The van der Waals surface area contributed by atoms with E-state index in [1.165, 1.54) is 0 Å². The maximum atomic E-state index is 11.4. The minimum atomic E-state index is -0.430. The first-order chi connectivity index (χ1) is 11.2. The van der Waals surface area contributed by atoms with Crippen molar-refractivity contribution in [3.8, 4) is 0 Å². The maximum Gasteiger partial charge on any atom is 0.292 e. The largest absolute Gasteiger partial charge is 0.597 e. The molecule has 0 saturated carbocycles. The Bertz CT molecular complexity index is 590. The van der Waals surface area contributed by atoms with Crippen LogP contribution in [0.3, 0.4) is 0 Å². The highest BCUT2D eigenvalue weighted by Gasteiger charge is 2.01. The summed E-state index contributed by atoms with van der Waals surface area (Å²) in [5, 5.41) is 29.4. The lowest BCUT2D eigenvalue weighted by Gasteiger charge is -2.01. The van der Waals surface area contributed by atoms with Crippen LogP contribution in [0.5, 0.6) is 0 Å². The Balaban J connectivity index is 1.68. The molecule has 0 atom stereocenters. The average Bonchev–Trinajstić information content (AvgIpc) is 2.56. The van der Waals surface area contributed by atoms with E-state index in [1.807, 2.05) is 36.4 Å². The molecule has 2 aromatic carbocycles. The number of nitrogens with zero attached hydrogens (tertiary/aromatic N) is 4. The molecule has 0 fully saturated rings. The van der Waals surface area contributed by atoms with E-state index in [0.29, 0.717) is 9.72 Å². The van der Waals surface area contributed by atoms with Crippen LogP contribution in [0.25, 0.3) is 0 Å². The first-order valence-electron chi connectivity index (χ1n) is 6.87. The number of hydrogen-bond donors (Lipinski definition) is 0. The van der Waals surface area contributed by atoms with Crippen LogP contribution in [-0.2, 0) is 22.8 Å². The molecular weight excluding hydrogens is 300 g/mol. The van der Waals surface area contributed by atoms with Crippen LogP contribution >= 0.6 is 0 Å². The fraction of sp³-hybridized carbons (Fsp3) is 0.200. The molecule has 0 bridgehead atoms. The monoisotopic (exact) mass is 316 g/mol. The minimum Gasteiger partial charge on any atom is -0.597 e. The summed E-state index contributed by atoms with van der Waals surface area (Å²) in [6.07, 6.45) is 0. The summed E-state index contributed by atoms with van der Waals surface area (Å²) in [4.78, 5) is 10.00. The van der Waals surface area contributed by atoms with Crippen molar-refractivity contribution in [2.24, 2.45) is 10.6 Å². The van der Waals surface area contributed by atoms with Crippen molar-refractivity contribution in [2.75, 3.05) is 6.79 Å². The molecule has 0 unspecified atom stereocenters. The summed E-state index contributed by atoms with van der Waals surface area (Å²) in [6.45, 7) is -0.319. The van der Waals surface area contributed by atoms with Gasteiger partial charge in [0.15, 0.2) is 0 Å². The van der Waals surface area contributed by atoms with Crippen LogP contribution in [0.4, 0.5) is 0 Å². The highest BCUT2D eigenvalue weighted by molar-refractivity contribution is 5.13. The van der Waals surface area contributed by atoms with Gasteiger partial charge >= 0.3 is 0 Å². The van der Waals surface area contributed by atoms with Crippen LogP contribution in [0.2, 0.25) is 0 Å².